The van der Waals surface area contributed by atoms with Crippen LogP contribution in [0.4, 0.5) is 5.82 Å². The van der Waals surface area contributed by atoms with Gasteiger partial charge in [0.25, 0.3) is 0 Å². The Hall–Kier alpha value is -4.02. The van der Waals surface area contributed by atoms with Gasteiger partial charge in [-0.1, -0.05) is 81.8 Å². The number of fused-ring (bicyclic) bond motifs is 4. The molecule has 0 aliphatic rings. The predicted octanol–water partition coefficient (Wildman–Crippen LogP) is 7.58. The fraction of sp³-hybridized carbons (Fsp3) is 0.400. The van der Waals surface area contributed by atoms with E-state index in [9.17, 15) is 9.36 Å². The number of para-hydroxylation sites is 1. The van der Waals surface area contributed by atoms with Crippen molar-refractivity contribution in [3.8, 4) is 5.75 Å². The molecule has 12 heteroatoms. The maximum Gasteiger partial charge on any atom is 0.459 e. The number of hydrogen-bond acceptors (Lipinski definition) is 9. The van der Waals surface area contributed by atoms with Gasteiger partial charge in [-0.2, -0.15) is 5.09 Å². The third-order valence-corrected chi connectivity index (χ3v) is 9.62. The highest BCUT2D eigenvalue weighted by Gasteiger charge is 2.35. The van der Waals surface area contributed by atoms with Crippen molar-refractivity contribution in [2.24, 2.45) is 5.92 Å². The van der Waals surface area contributed by atoms with Crippen molar-refractivity contribution in [3.63, 3.8) is 0 Å². The number of pyridine rings is 1. The number of anilines is 1. The quantitative estimate of drug-likeness (QED) is 0.0618. The molecule has 0 saturated heterocycles. The Morgan fingerprint density at radius 2 is 1.70 bits per heavy atom. The van der Waals surface area contributed by atoms with Gasteiger partial charge in [0.05, 0.1) is 30.3 Å². The molecule has 11 nitrogen and oxygen atoms in total. The van der Waals surface area contributed by atoms with Gasteiger partial charge in [0, 0.05) is 17.4 Å². The molecule has 0 saturated carbocycles. The van der Waals surface area contributed by atoms with Crippen molar-refractivity contribution in [2.45, 2.75) is 66.2 Å². The maximum atomic E-state index is 14.7. The summed E-state index contributed by atoms with van der Waals surface area (Å²) in [6.45, 7) is 10.6. The second-order valence-electron chi connectivity index (χ2n) is 11.8. The number of nitrogens with zero attached hydrogens (tertiary/aromatic N) is 3. The fourth-order valence-corrected chi connectivity index (χ4v) is 7.01. The zero-order valence-corrected chi connectivity index (χ0v) is 28.5. The molecule has 0 bridgehead atoms. The summed E-state index contributed by atoms with van der Waals surface area (Å²) < 4.78 is 40.5. The number of nitrogens with two attached hydrogens (primary N) is 1. The molecule has 3 atom stereocenters. The number of nitrogen functional groups attached to an aromatic ring is 1. The highest BCUT2D eigenvalue weighted by atomic mass is 31.2. The zero-order valence-electron chi connectivity index (χ0n) is 27.6. The summed E-state index contributed by atoms with van der Waals surface area (Å²) in [5.74, 6) is 0.739. The first-order chi connectivity index (χ1) is 22.7. The smallest absolute Gasteiger partial charge is 0.459 e. The first kappa shape index (κ1) is 34.3. The van der Waals surface area contributed by atoms with E-state index in [1.807, 2.05) is 74.5 Å². The van der Waals surface area contributed by atoms with Crippen LogP contribution in [-0.2, 0) is 30.0 Å². The van der Waals surface area contributed by atoms with Crippen LogP contribution < -0.4 is 15.3 Å². The minimum absolute atomic E-state index is 0.0247. The Labute approximate surface area is 275 Å². The van der Waals surface area contributed by atoms with Crippen molar-refractivity contribution in [1.82, 2.24) is 19.6 Å². The molecule has 2 aromatic heterocycles. The van der Waals surface area contributed by atoms with E-state index in [-0.39, 0.29) is 25.7 Å². The van der Waals surface area contributed by atoms with Crippen molar-refractivity contribution in [3.05, 3.63) is 72.6 Å². The summed E-state index contributed by atoms with van der Waals surface area (Å²) in [5, 5.41) is 5.39. The molecule has 0 amide bonds. The topological polar surface area (TPSA) is 140 Å². The minimum Gasteiger partial charge on any atom is -0.465 e. The van der Waals surface area contributed by atoms with E-state index < -0.39 is 25.8 Å². The van der Waals surface area contributed by atoms with Gasteiger partial charge in [-0.05, 0) is 43.7 Å². The van der Waals surface area contributed by atoms with Crippen molar-refractivity contribution in [1.29, 1.82) is 0 Å². The third kappa shape index (κ3) is 7.76. The number of unbranched alkanes of at least 4 members (excludes halogenated alkanes) is 1. The predicted molar refractivity (Wildman–Crippen MR) is 185 cm³/mol. The normalized spacial score (nSPS) is 14.4. The lowest BCUT2D eigenvalue weighted by atomic mass is 10.0. The molecule has 2 heterocycles. The van der Waals surface area contributed by atoms with Crippen molar-refractivity contribution in [2.75, 3.05) is 25.6 Å². The third-order valence-electron chi connectivity index (χ3n) is 7.99. The number of esters is 1. The van der Waals surface area contributed by atoms with E-state index in [0.29, 0.717) is 29.5 Å². The van der Waals surface area contributed by atoms with E-state index in [1.165, 1.54) is 0 Å². The van der Waals surface area contributed by atoms with Gasteiger partial charge >= 0.3 is 13.7 Å². The Morgan fingerprint density at radius 1 is 0.979 bits per heavy atom. The molecule has 47 heavy (non-hydrogen) atoms. The average molecular weight is 662 g/mol. The summed E-state index contributed by atoms with van der Waals surface area (Å²) in [7, 11) is -4.20. The number of imidazole rings is 1. The summed E-state index contributed by atoms with van der Waals surface area (Å²) in [6.07, 6.45) is 1.61. The highest BCUT2D eigenvalue weighted by Crippen LogP contribution is 2.48. The Bertz CT molecular complexity index is 1890. The molecule has 0 fully saturated rings. The number of carbonyl (C=O) groups excluding carboxylic acids is 1. The van der Waals surface area contributed by atoms with Crippen LogP contribution in [0.15, 0.2) is 66.7 Å². The first-order valence-electron chi connectivity index (χ1n) is 16.1. The largest absolute Gasteiger partial charge is 0.465 e. The zero-order chi connectivity index (χ0) is 33.6. The molecule has 0 aliphatic carbocycles. The molecule has 1 unspecified atom stereocenters. The van der Waals surface area contributed by atoms with E-state index in [2.05, 4.69) is 28.5 Å². The number of nitrogens with one attached hydrogen (secondary N) is 1. The summed E-state index contributed by atoms with van der Waals surface area (Å²) in [5.41, 5.74) is 8.51. The Morgan fingerprint density at radius 3 is 2.45 bits per heavy atom. The molecule has 5 aromatic rings. The van der Waals surface area contributed by atoms with E-state index in [4.69, 9.17) is 29.2 Å². The Kier molecular flexibility index (Phi) is 11.1. The van der Waals surface area contributed by atoms with Gasteiger partial charge in [0.2, 0.25) is 0 Å². The Balaban J connectivity index is 1.55. The van der Waals surface area contributed by atoms with Gasteiger partial charge in [0.15, 0.2) is 5.82 Å². The van der Waals surface area contributed by atoms with E-state index in [0.717, 1.165) is 40.0 Å². The summed E-state index contributed by atoms with van der Waals surface area (Å²) in [4.78, 5) is 22.3. The van der Waals surface area contributed by atoms with Gasteiger partial charge < -0.3 is 24.3 Å². The maximum absolute atomic E-state index is 14.7. The van der Waals surface area contributed by atoms with Gasteiger partial charge in [-0.25, -0.2) is 14.5 Å². The second-order valence-corrected chi connectivity index (χ2v) is 13.5. The molecule has 3 N–H and O–H groups in total. The minimum atomic E-state index is -4.20. The molecular weight excluding hydrogens is 617 g/mol. The monoisotopic (exact) mass is 661 g/mol. The lowest BCUT2D eigenvalue weighted by Crippen LogP contribution is -2.36. The van der Waals surface area contributed by atoms with Gasteiger partial charge in [-0.15, -0.1) is 0 Å². The number of benzene rings is 3. The average Bonchev–Trinajstić information content (AvgIpc) is 3.44. The molecule has 3 aromatic carbocycles. The standard InChI is InChI=1S/C35H44N5O6P/c1-6-8-20-44-35(41)24(5)39-47(42,46-30-19-13-15-25-14-9-10-16-26(25)30)45-21-29(23(3)4)40-31(22-43-7-2)38-32-33(40)27-17-11-12-18-28(27)37-34(32)36/h9-19,23-24,29H,6-8,20-22H2,1-5H3,(H2,36,37)(H,39,42)/t24-,29-,47?/m0/s1. The van der Waals surface area contributed by atoms with Crippen molar-refractivity contribution < 1.29 is 27.9 Å². The van der Waals surface area contributed by atoms with Crippen LogP contribution >= 0.6 is 7.75 Å². The van der Waals surface area contributed by atoms with Gasteiger partial charge in [0.1, 0.15) is 29.7 Å². The van der Waals surface area contributed by atoms with Crippen molar-refractivity contribution >= 4 is 52.2 Å². The molecular formula is C35H44N5O6P. The molecule has 250 valence electrons. The van der Waals surface area contributed by atoms with Crippen LogP contribution in [0.1, 0.15) is 59.3 Å². The first-order valence-corrected chi connectivity index (χ1v) is 17.7. The van der Waals surface area contributed by atoms with Crippen LogP contribution in [-0.4, -0.2) is 46.4 Å². The second kappa shape index (κ2) is 15.3. The lowest BCUT2D eigenvalue weighted by molar-refractivity contribution is -0.145. The number of aromatic nitrogens is 3. The van der Waals surface area contributed by atoms with E-state index >= 15 is 0 Å². The van der Waals surface area contributed by atoms with Crippen LogP contribution in [0.5, 0.6) is 5.75 Å². The SMILES string of the molecule is CCCCOC(=O)[C@H](C)NP(=O)(OC[C@@H](C(C)C)n1c(COCC)nc2c(N)nc3ccccc3c21)Oc1cccc2ccccc12. The molecule has 0 radical (unpaired) electrons. The molecule has 5 rings (SSSR count). The van der Waals surface area contributed by atoms with Crippen LogP contribution in [0.25, 0.3) is 32.7 Å². The number of ether oxygens (including phenoxy) is 2. The number of hydrogen-bond donors (Lipinski definition) is 2. The van der Waals surface area contributed by atoms with Crippen LogP contribution in [0, 0.1) is 5.92 Å². The number of rotatable bonds is 16. The molecule has 0 spiro atoms. The lowest BCUT2D eigenvalue weighted by Gasteiger charge is -2.29. The summed E-state index contributed by atoms with van der Waals surface area (Å²) >= 11 is 0. The fourth-order valence-electron chi connectivity index (χ4n) is 5.49. The van der Waals surface area contributed by atoms with E-state index in [1.54, 1.807) is 13.0 Å². The van der Waals surface area contributed by atoms with Crippen LogP contribution in [0.2, 0.25) is 0 Å². The van der Waals surface area contributed by atoms with Gasteiger partial charge in [-0.3, -0.25) is 9.32 Å². The molecule has 0 aliphatic heterocycles. The number of carbonyl (C=O) groups is 1. The van der Waals surface area contributed by atoms with Crippen LogP contribution in [0.3, 0.4) is 0 Å². The summed E-state index contributed by atoms with van der Waals surface area (Å²) in [6, 6.07) is 19.5. The highest BCUT2D eigenvalue weighted by molar-refractivity contribution is 7.52.